The number of halogens is 3. The minimum absolute atomic E-state index is 0.213. The molecule has 0 aliphatic rings. The molecule has 0 amide bonds. The Kier molecular flexibility index (Phi) is 2.25. The summed E-state index contributed by atoms with van der Waals surface area (Å²) in [5.74, 6) is 0.213. The lowest BCUT2D eigenvalue weighted by molar-refractivity contribution is -0.141. The van der Waals surface area contributed by atoms with Crippen molar-refractivity contribution in [2.45, 2.75) is 13.1 Å². The molecule has 0 aromatic carbocycles. The quantitative estimate of drug-likeness (QED) is 0.727. The van der Waals surface area contributed by atoms with Crippen LogP contribution in [0.5, 0.6) is 0 Å². The van der Waals surface area contributed by atoms with Gasteiger partial charge >= 0.3 is 6.18 Å². The Balaban J connectivity index is 2.77. The summed E-state index contributed by atoms with van der Waals surface area (Å²) in [6.45, 7) is 2.32. The highest BCUT2D eigenvalue weighted by Gasteiger charge is 2.32. The second-order valence-corrected chi connectivity index (χ2v) is 2.19. The molecule has 68 valence electrons. The van der Waals surface area contributed by atoms with E-state index in [1.807, 2.05) is 5.10 Å². The van der Waals surface area contributed by atoms with E-state index in [0.29, 0.717) is 6.54 Å². The van der Waals surface area contributed by atoms with Gasteiger partial charge in [-0.15, -0.1) is 0 Å². The molecule has 3 nitrogen and oxygen atoms in total. The van der Waals surface area contributed by atoms with Crippen LogP contribution in [0.2, 0.25) is 0 Å². The van der Waals surface area contributed by atoms with Crippen LogP contribution in [0.3, 0.4) is 0 Å². The fourth-order valence-corrected chi connectivity index (χ4v) is 0.739. The zero-order valence-electron chi connectivity index (χ0n) is 6.37. The van der Waals surface area contributed by atoms with Crippen LogP contribution < -0.4 is 5.32 Å². The maximum Gasteiger partial charge on any atom is 0.432 e. The zero-order chi connectivity index (χ0) is 9.19. The molecule has 0 aliphatic heterocycles. The van der Waals surface area contributed by atoms with E-state index in [9.17, 15) is 13.2 Å². The van der Waals surface area contributed by atoms with Gasteiger partial charge in [-0.1, -0.05) is 0 Å². The van der Waals surface area contributed by atoms with E-state index < -0.39 is 11.9 Å². The van der Waals surface area contributed by atoms with Crippen LogP contribution in [0.1, 0.15) is 12.6 Å². The number of hydrogen-bond donors (Lipinski definition) is 2. The Bertz CT molecular complexity index is 253. The van der Waals surface area contributed by atoms with Gasteiger partial charge in [-0.2, -0.15) is 18.3 Å². The summed E-state index contributed by atoms with van der Waals surface area (Å²) >= 11 is 0. The Morgan fingerprint density at radius 2 is 2.25 bits per heavy atom. The average Bonchev–Trinajstić information content (AvgIpc) is 2.35. The minimum Gasteiger partial charge on any atom is -0.369 e. The van der Waals surface area contributed by atoms with Crippen LogP contribution >= 0.6 is 0 Å². The first kappa shape index (κ1) is 8.89. The van der Waals surface area contributed by atoms with E-state index in [4.69, 9.17) is 0 Å². The van der Waals surface area contributed by atoms with Gasteiger partial charge < -0.3 is 5.32 Å². The van der Waals surface area contributed by atoms with Gasteiger partial charge in [0.25, 0.3) is 0 Å². The van der Waals surface area contributed by atoms with Gasteiger partial charge in [0.1, 0.15) is 11.5 Å². The molecule has 0 saturated carbocycles. The molecular formula is C6H8F3N3. The summed E-state index contributed by atoms with van der Waals surface area (Å²) in [5.41, 5.74) is -0.835. The first-order chi connectivity index (χ1) is 5.54. The SMILES string of the molecule is CCNc1cc(C(F)(F)F)[nH]n1. The van der Waals surface area contributed by atoms with Crippen LogP contribution in [0.25, 0.3) is 0 Å². The number of H-pyrrole nitrogens is 1. The van der Waals surface area contributed by atoms with Crippen molar-refractivity contribution in [3.8, 4) is 0 Å². The maximum absolute atomic E-state index is 11.9. The highest BCUT2D eigenvalue weighted by atomic mass is 19.4. The third-order valence-electron chi connectivity index (χ3n) is 1.24. The Hall–Kier alpha value is -1.20. The number of anilines is 1. The fraction of sp³-hybridized carbons (Fsp3) is 0.500. The lowest BCUT2D eigenvalue weighted by Crippen LogP contribution is -2.04. The van der Waals surface area contributed by atoms with Crippen molar-refractivity contribution in [1.29, 1.82) is 0 Å². The van der Waals surface area contributed by atoms with Crippen molar-refractivity contribution < 1.29 is 13.2 Å². The zero-order valence-corrected chi connectivity index (χ0v) is 6.37. The van der Waals surface area contributed by atoms with Gasteiger partial charge in [0, 0.05) is 12.6 Å². The number of nitrogens with zero attached hydrogens (tertiary/aromatic N) is 1. The molecule has 6 heteroatoms. The molecule has 0 saturated heterocycles. The Labute approximate surface area is 67.0 Å². The summed E-state index contributed by atoms with van der Waals surface area (Å²) in [6, 6.07) is 0.934. The number of aromatic nitrogens is 2. The molecule has 0 atom stereocenters. The van der Waals surface area contributed by atoms with Crippen molar-refractivity contribution in [2.75, 3.05) is 11.9 Å². The van der Waals surface area contributed by atoms with Crippen molar-refractivity contribution in [3.63, 3.8) is 0 Å². The average molecular weight is 179 g/mol. The first-order valence-corrected chi connectivity index (χ1v) is 3.40. The van der Waals surface area contributed by atoms with Gasteiger partial charge in [-0.25, -0.2) is 0 Å². The van der Waals surface area contributed by atoms with Crippen LogP contribution in [0, 0.1) is 0 Å². The van der Waals surface area contributed by atoms with Crippen molar-refractivity contribution in [3.05, 3.63) is 11.8 Å². The molecule has 2 N–H and O–H groups in total. The van der Waals surface area contributed by atoms with Crippen LogP contribution in [-0.2, 0) is 6.18 Å². The van der Waals surface area contributed by atoms with E-state index in [1.165, 1.54) is 0 Å². The van der Waals surface area contributed by atoms with Crippen molar-refractivity contribution >= 4 is 5.82 Å². The molecule has 1 heterocycles. The Morgan fingerprint density at radius 3 is 2.67 bits per heavy atom. The van der Waals surface area contributed by atoms with Gasteiger partial charge in [-0.05, 0) is 6.92 Å². The van der Waals surface area contributed by atoms with Gasteiger partial charge in [0.15, 0.2) is 0 Å². The first-order valence-electron chi connectivity index (χ1n) is 3.40. The van der Waals surface area contributed by atoms with Gasteiger partial charge in [-0.3, -0.25) is 5.10 Å². The summed E-state index contributed by atoms with van der Waals surface area (Å²) in [6.07, 6.45) is -4.35. The molecule has 0 fully saturated rings. The second kappa shape index (κ2) is 3.04. The minimum atomic E-state index is -4.35. The molecule has 1 rings (SSSR count). The molecule has 12 heavy (non-hydrogen) atoms. The molecule has 0 bridgehead atoms. The number of rotatable bonds is 2. The highest BCUT2D eigenvalue weighted by Crippen LogP contribution is 2.28. The molecule has 0 aliphatic carbocycles. The summed E-state index contributed by atoms with van der Waals surface area (Å²) in [5, 5.41) is 7.97. The topological polar surface area (TPSA) is 40.7 Å². The molecule has 0 spiro atoms. The smallest absolute Gasteiger partial charge is 0.369 e. The monoisotopic (exact) mass is 179 g/mol. The molecule has 0 unspecified atom stereocenters. The molecule has 0 radical (unpaired) electrons. The predicted octanol–water partition coefficient (Wildman–Crippen LogP) is 1.86. The standard InChI is InChI=1S/C6H8F3N3/c1-2-10-5-3-4(11-12-5)6(7,8)9/h3H,2H2,1H3,(H2,10,11,12). The van der Waals surface area contributed by atoms with Crippen molar-refractivity contribution in [1.82, 2.24) is 10.2 Å². The van der Waals surface area contributed by atoms with E-state index >= 15 is 0 Å². The summed E-state index contributed by atoms with van der Waals surface area (Å²) < 4.78 is 35.8. The fourth-order valence-electron chi connectivity index (χ4n) is 0.739. The normalized spacial score (nSPS) is 11.7. The van der Waals surface area contributed by atoms with Gasteiger partial charge in [0.05, 0.1) is 0 Å². The third kappa shape index (κ3) is 1.90. The van der Waals surface area contributed by atoms with E-state index in [1.54, 1.807) is 6.92 Å². The summed E-state index contributed by atoms with van der Waals surface area (Å²) in [7, 11) is 0. The summed E-state index contributed by atoms with van der Waals surface area (Å²) in [4.78, 5) is 0. The maximum atomic E-state index is 11.9. The second-order valence-electron chi connectivity index (χ2n) is 2.19. The lowest BCUT2D eigenvalue weighted by atomic mass is 10.4. The van der Waals surface area contributed by atoms with Crippen LogP contribution in [0.15, 0.2) is 6.07 Å². The molecule has 1 aromatic rings. The van der Waals surface area contributed by atoms with E-state index in [2.05, 4.69) is 10.4 Å². The van der Waals surface area contributed by atoms with Crippen LogP contribution in [-0.4, -0.2) is 16.7 Å². The van der Waals surface area contributed by atoms with E-state index in [-0.39, 0.29) is 5.82 Å². The van der Waals surface area contributed by atoms with Crippen molar-refractivity contribution in [2.24, 2.45) is 0 Å². The lowest BCUT2D eigenvalue weighted by Gasteiger charge is -1.99. The highest BCUT2D eigenvalue weighted by molar-refractivity contribution is 5.35. The Morgan fingerprint density at radius 1 is 1.58 bits per heavy atom. The largest absolute Gasteiger partial charge is 0.432 e. The van der Waals surface area contributed by atoms with Gasteiger partial charge in [0.2, 0.25) is 0 Å². The predicted molar refractivity (Wildman–Crippen MR) is 37.8 cm³/mol. The third-order valence-corrected chi connectivity index (χ3v) is 1.24. The molecule has 1 aromatic heterocycles. The van der Waals surface area contributed by atoms with E-state index in [0.717, 1.165) is 6.07 Å². The van der Waals surface area contributed by atoms with Crippen LogP contribution in [0.4, 0.5) is 19.0 Å². The number of hydrogen-bond acceptors (Lipinski definition) is 2. The number of aromatic amines is 1. The molecular weight excluding hydrogens is 171 g/mol. The number of nitrogens with one attached hydrogen (secondary N) is 2. The number of alkyl halides is 3.